The molecule has 0 radical (unpaired) electrons. The zero-order valence-corrected chi connectivity index (χ0v) is 15.8. The fourth-order valence-electron chi connectivity index (χ4n) is 2.20. The number of hydrogen-bond acceptors (Lipinski definition) is 6. The van der Waals surface area contributed by atoms with Crippen molar-refractivity contribution in [3.63, 3.8) is 0 Å². The predicted octanol–water partition coefficient (Wildman–Crippen LogP) is 4.42. The average Bonchev–Trinajstić information content (AvgIpc) is 2.73. The Hall–Kier alpha value is -2.70. The van der Waals surface area contributed by atoms with Crippen LogP contribution in [-0.4, -0.2) is 18.2 Å². The molecule has 0 aliphatic heterocycles. The first-order chi connectivity index (χ1) is 13.1. The van der Waals surface area contributed by atoms with E-state index in [9.17, 15) is 9.59 Å². The second-order valence-electron chi connectivity index (χ2n) is 5.87. The van der Waals surface area contributed by atoms with Gasteiger partial charge < -0.3 is 0 Å². The molecule has 0 saturated carbocycles. The van der Waals surface area contributed by atoms with Crippen LogP contribution >= 0.6 is 0 Å². The highest BCUT2D eigenvalue weighted by molar-refractivity contribution is 5.89. The quantitative estimate of drug-likeness (QED) is 0.368. The molecule has 0 atom stereocenters. The molecule has 0 aromatic heterocycles. The third-order valence-corrected chi connectivity index (χ3v) is 3.99. The molecular formula is C21H24O6. The van der Waals surface area contributed by atoms with Gasteiger partial charge in [-0.25, -0.2) is 9.59 Å². The highest BCUT2D eigenvalue weighted by atomic mass is 17.3. The van der Waals surface area contributed by atoms with Gasteiger partial charge in [0, 0.05) is 6.42 Å². The van der Waals surface area contributed by atoms with Gasteiger partial charge in [-0.1, -0.05) is 45.0 Å². The van der Waals surface area contributed by atoms with Gasteiger partial charge >= 0.3 is 11.9 Å². The average molecular weight is 372 g/mol. The van der Waals surface area contributed by atoms with Crippen molar-refractivity contribution in [2.45, 2.75) is 46.3 Å². The molecule has 0 fully saturated rings. The molecule has 0 spiro atoms. The maximum atomic E-state index is 12.0. The second-order valence-corrected chi connectivity index (χ2v) is 5.87. The third-order valence-electron chi connectivity index (χ3n) is 3.99. The monoisotopic (exact) mass is 372 g/mol. The summed E-state index contributed by atoms with van der Waals surface area (Å²) in [4.78, 5) is 43.4. The Balaban J connectivity index is 1.81. The van der Waals surface area contributed by atoms with Crippen LogP contribution in [0.2, 0.25) is 0 Å². The van der Waals surface area contributed by atoms with E-state index < -0.39 is 18.2 Å². The Kier molecular flexibility index (Phi) is 7.98. The van der Waals surface area contributed by atoms with Crippen molar-refractivity contribution < 1.29 is 29.1 Å². The van der Waals surface area contributed by atoms with Crippen LogP contribution in [0, 0.1) is 0 Å². The van der Waals surface area contributed by atoms with Crippen LogP contribution in [0.3, 0.4) is 0 Å². The molecule has 2 aromatic carbocycles. The van der Waals surface area contributed by atoms with E-state index in [4.69, 9.17) is 19.6 Å². The lowest BCUT2D eigenvalue weighted by Gasteiger charge is -2.13. The van der Waals surface area contributed by atoms with E-state index in [2.05, 4.69) is 0 Å². The zero-order chi connectivity index (χ0) is 19.6. The first-order valence-electron chi connectivity index (χ1n) is 9.00. The van der Waals surface area contributed by atoms with Crippen LogP contribution in [0.15, 0.2) is 48.5 Å². The lowest BCUT2D eigenvalue weighted by molar-refractivity contribution is -0.420. The molecule has 0 aliphatic carbocycles. The molecule has 6 nitrogen and oxygen atoms in total. The molecule has 0 heterocycles. The number of carbonyl (C=O) groups excluding carboxylic acids is 2. The van der Waals surface area contributed by atoms with Crippen LogP contribution in [0.5, 0.6) is 0 Å². The minimum Gasteiger partial charge on any atom is -0.290 e. The van der Waals surface area contributed by atoms with Gasteiger partial charge in [-0.2, -0.15) is 0 Å². The van der Waals surface area contributed by atoms with Crippen molar-refractivity contribution in [3.05, 3.63) is 70.8 Å². The second kappa shape index (κ2) is 10.4. The lowest BCUT2D eigenvalue weighted by Crippen LogP contribution is -2.21. The Morgan fingerprint density at radius 2 is 1.07 bits per heavy atom. The van der Waals surface area contributed by atoms with Crippen molar-refractivity contribution in [1.29, 1.82) is 0 Å². The van der Waals surface area contributed by atoms with E-state index in [1.54, 1.807) is 31.2 Å². The number of rotatable bonds is 9. The number of carbonyl (C=O) groups is 2. The molecule has 2 aromatic rings. The SMILES string of the molecule is CCc1ccc(C(=O)OOC(CC)OOC(=O)c2ccc(CC)cc2)cc1. The Labute approximate surface area is 158 Å². The number of benzene rings is 2. The first-order valence-corrected chi connectivity index (χ1v) is 9.00. The summed E-state index contributed by atoms with van der Waals surface area (Å²) < 4.78 is 0. The van der Waals surface area contributed by atoms with Crippen LogP contribution < -0.4 is 0 Å². The van der Waals surface area contributed by atoms with Gasteiger partial charge in [0.1, 0.15) is 0 Å². The fourth-order valence-corrected chi connectivity index (χ4v) is 2.20. The maximum Gasteiger partial charge on any atom is 0.373 e. The van der Waals surface area contributed by atoms with E-state index in [1.165, 1.54) is 0 Å². The Bertz CT molecular complexity index is 673. The largest absolute Gasteiger partial charge is 0.373 e. The molecule has 0 unspecified atom stereocenters. The zero-order valence-electron chi connectivity index (χ0n) is 15.8. The van der Waals surface area contributed by atoms with Crippen LogP contribution in [-0.2, 0) is 32.4 Å². The van der Waals surface area contributed by atoms with Gasteiger partial charge in [-0.3, -0.25) is 9.78 Å². The van der Waals surface area contributed by atoms with Crippen molar-refractivity contribution in [2.75, 3.05) is 0 Å². The number of hydrogen-bond donors (Lipinski definition) is 0. The van der Waals surface area contributed by atoms with Crippen molar-refractivity contribution in [2.24, 2.45) is 0 Å². The van der Waals surface area contributed by atoms with Gasteiger partial charge in [0.25, 0.3) is 0 Å². The summed E-state index contributed by atoms with van der Waals surface area (Å²) in [6, 6.07) is 14.0. The molecule has 27 heavy (non-hydrogen) atoms. The Morgan fingerprint density at radius 3 is 1.37 bits per heavy atom. The van der Waals surface area contributed by atoms with Crippen molar-refractivity contribution in [1.82, 2.24) is 0 Å². The summed E-state index contributed by atoms with van der Waals surface area (Å²) >= 11 is 0. The minimum atomic E-state index is -1.03. The number of aryl methyl sites for hydroxylation is 2. The molecule has 0 saturated heterocycles. The van der Waals surface area contributed by atoms with E-state index in [0.29, 0.717) is 17.5 Å². The fraction of sp³-hybridized carbons (Fsp3) is 0.333. The van der Waals surface area contributed by atoms with Crippen molar-refractivity contribution in [3.8, 4) is 0 Å². The highest BCUT2D eigenvalue weighted by Gasteiger charge is 2.18. The molecule has 0 aliphatic rings. The third kappa shape index (κ3) is 6.20. The maximum absolute atomic E-state index is 12.0. The smallest absolute Gasteiger partial charge is 0.290 e. The summed E-state index contributed by atoms with van der Waals surface area (Å²) in [6.07, 6.45) is 1.04. The van der Waals surface area contributed by atoms with Crippen LogP contribution in [0.1, 0.15) is 59.0 Å². The highest BCUT2D eigenvalue weighted by Crippen LogP contribution is 2.11. The van der Waals surface area contributed by atoms with E-state index >= 15 is 0 Å². The van der Waals surface area contributed by atoms with Gasteiger partial charge in [0.2, 0.25) is 6.29 Å². The van der Waals surface area contributed by atoms with E-state index in [1.807, 2.05) is 38.1 Å². The van der Waals surface area contributed by atoms with E-state index in [-0.39, 0.29) is 0 Å². The molecule has 6 heteroatoms. The van der Waals surface area contributed by atoms with Crippen LogP contribution in [0.25, 0.3) is 0 Å². The summed E-state index contributed by atoms with van der Waals surface area (Å²) in [5.74, 6) is -1.30. The first kappa shape index (κ1) is 20.6. The summed E-state index contributed by atoms with van der Waals surface area (Å²) in [5, 5.41) is 0. The molecule has 0 amide bonds. The topological polar surface area (TPSA) is 71.1 Å². The van der Waals surface area contributed by atoms with Crippen LogP contribution in [0.4, 0.5) is 0 Å². The summed E-state index contributed by atoms with van der Waals surface area (Å²) in [6.45, 7) is 5.79. The minimum absolute atomic E-state index is 0.310. The molecular weight excluding hydrogens is 348 g/mol. The molecule has 0 N–H and O–H groups in total. The van der Waals surface area contributed by atoms with Crippen molar-refractivity contribution >= 4 is 11.9 Å². The van der Waals surface area contributed by atoms with Gasteiger partial charge in [-0.05, 0) is 48.2 Å². The standard InChI is InChI=1S/C21H24O6/c1-4-15-7-11-17(12-8-15)20(22)26-24-19(6-3)25-27-21(23)18-13-9-16(5-2)10-14-18/h7-14,19H,4-6H2,1-3H3. The lowest BCUT2D eigenvalue weighted by atomic mass is 10.1. The predicted molar refractivity (Wildman–Crippen MR) is 98.7 cm³/mol. The molecule has 2 rings (SSSR count). The Morgan fingerprint density at radius 1 is 0.704 bits per heavy atom. The van der Waals surface area contributed by atoms with Gasteiger partial charge in [0.15, 0.2) is 0 Å². The van der Waals surface area contributed by atoms with Gasteiger partial charge in [-0.15, -0.1) is 9.78 Å². The summed E-state index contributed by atoms with van der Waals surface area (Å²) in [5.41, 5.74) is 2.94. The molecule has 144 valence electrons. The van der Waals surface area contributed by atoms with E-state index in [0.717, 1.165) is 24.0 Å². The normalized spacial score (nSPS) is 10.7. The molecule has 0 bridgehead atoms. The van der Waals surface area contributed by atoms with Gasteiger partial charge in [0.05, 0.1) is 11.1 Å². The summed E-state index contributed by atoms with van der Waals surface area (Å²) in [7, 11) is 0.